The van der Waals surface area contributed by atoms with Gasteiger partial charge < -0.3 is 4.74 Å². The number of halogens is 1. The Balaban J connectivity index is 3.18. The molecule has 78 valence electrons. The molecule has 1 aromatic rings. The molecule has 0 N–H and O–H groups in total. The summed E-state index contributed by atoms with van der Waals surface area (Å²) >= 11 is 0. The summed E-state index contributed by atoms with van der Waals surface area (Å²) in [6, 6.07) is 7.50. The number of hydrogen-bond donors (Lipinski definition) is 0. The molecule has 0 radical (unpaired) electrons. The highest BCUT2D eigenvalue weighted by Gasteiger charge is 2.32. The van der Waals surface area contributed by atoms with E-state index in [1.807, 2.05) is 0 Å². The minimum Gasteiger partial charge on any atom is -0.440 e. The first-order valence-corrected chi connectivity index (χ1v) is 4.35. The third-order valence-corrected chi connectivity index (χ3v) is 1.95. The van der Waals surface area contributed by atoms with E-state index in [1.165, 1.54) is 32.0 Å². The van der Waals surface area contributed by atoms with Gasteiger partial charge in [0.2, 0.25) is 5.60 Å². The third kappa shape index (κ3) is 2.32. The van der Waals surface area contributed by atoms with Crippen molar-refractivity contribution in [2.75, 3.05) is 0 Å². The van der Waals surface area contributed by atoms with Crippen LogP contribution in [-0.2, 0) is 15.1 Å². The zero-order chi connectivity index (χ0) is 11.5. The maximum atomic E-state index is 13.4. The van der Waals surface area contributed by atoms with Gasteiger partial charge in [-0.2, -0.15) is 5.26 Å². The number of ether oxygens (including phenoxy) is 1. The molecule has 0 aliphatic carbocycles. The van der Waals surface area contributed by atoms with Crippen molar-refractivity contribution >= 4 is 5.97 Å². The highest BCUT2D eigenvalue weighted by Crippen LogP contribution is 2.26. The van der Waals surface area contributed by atoms with Crippen LogP contribution in [0.4, 0.5) is 4.39 Å². The molecule has 0 aliphatic rings. The van der Waals surface area contributed by atoms with Gasteiger partial charge in [0.05, 0.1) is 0 Å². The fourth-order valence-corrected chi connectivity index (χ4v) is 1.27. The predicted octanol–water partition coefficient (Wildman–Crippen LogP) is 2.13. The molecule has 1 atom stereocenters. The maximum Gasteiger partial charge on any atom is 0.304 e. The van der Waals surface area contributed by atoms with Crippen LogP contribution < -0.4 is 0 Å². The van der Waals surface area contributed by atoms with E-state index in [0.29, 0.717) is 0 Å². The Hall–Kier alpha value is -1.89. The molecule has 0 heterocycles. The Morgan fingerprint density at radius 1 is 1.53 bits per heavy atom. The molecule has 4 heteroatoms. The van der Waals surface area contributed by atoms with Crippen molar-refractivity contribution in [3.63, 3.8) is 0 Å². The lowest BCUT2D eigenvalue weighted by Crippen LogP contribution is -2.27. The van der Waals surface area contributed by atoms with Crippen LogP contribution in [0.5, 0.6) is 0 Å². The smallest absolute Gasteiger partial charge is 0.304 e. The predicted molar refractivity (Wildman–Crippen MR) is 51.1 cm³/mol. The van der Waals surface area contributed by atoms with Crippen LogP contribution in [0.2, 0.25) is 0 Å². The summed E-state index contributed by atoms with van der Waals surface area (Å²) in [4.78, 5) is 10.8. The second-order valence-electron chi connectivity index (χ2n) is 3.22. The van der Waals surface area contributed by atoms with Gasteiger partial charge in [-0.3, -0.25) is 4.79 Å². The van der Waals surface area contributed by atoms with Crippen LogP contribution >= 0.6 is 0 Å². The summed E-state index contributed by atoms with van der Waals surface area (Å²) in [5.74, 6) is -1.19. The van der Waals surface area contributed by atoms with Gasteiger partial charge in [0.25, 0.3) is 0 Å². The quantitative estimate of drug-likeness (QED) is 0.698. The summed E-state index contributed by atoms with van der Waals surface area (Å²) in [6.45, 7) is 2.53. The van der Waals surface area contributed by atoms with E-state index in [2.05, 4.69) is 0 Å². The van der Waals surface area contributed by atoms with Crippen LogP contribution in [0.3, 0.4) is 0 Å². The Morgan fingerprint density at radius 2 is 2.13 bits per heavy atom. The van der Waals surface area contributed by atoms with Crippen LogP contribution in [0, 0.1) is 17.1 Å². The van der Waals surface area contributed by atoms with Crippen LogP contribution in [0.15, 0.2) is 24.3 Å². The lowest BCUT2D eigenvalue weighted by Gasteiger charge is -2.21. The van der Waals surface area contributed by atoms with E-state index in [-0.39, 0.29) is 5.56 Å². The largest absolute Gasteiger partial charge is 0.440 e. The molecular formula is C11H10FNO2. The first-order valence-electron chi connectivity index (χ1n) is 4.35. The normalized spacial score (nSPS) is 13.7. The van der Waals surface area contributed by atoms with Gasteiger partial charge in [0.1, 0.15) is 11.9 Å². The molecule has 0 spiro atoms. The van der Waals surface area contributed by atoms with Gasteiger partial charge in [-0.05, 0) is 13.0 Å². The average molecular weight is 207 g/mol. The highest BCUT2D eigenvalue weighted by molar-refractivity contribution is 5.67. The van der Waals surface area contributed by atoms with E-state index in [1.54, 1.807) is 12.1 Å². The number of nitrogens with zero attached hydrogens (tertiary/aromatic N) is 1. The van der Waals surface area contributed by atoms with Gasteiger partial charge in [-0.25, -0.2) is 4.39 Å². The molecule has 3 nitrogen and oxygen atoms in total. The molecule has 0 bridgehead atoms. The van der Waals surface area contributed by atoms with E-state index < -0.39 is 17.4 Å². The van der Waals surface area contributed by atoms with Crippen molar-refractivity contribution in [2.45, 2.75) is 19.4 Å². The number of rotatable bonds is 2. The molecule has 0 aromatic heterocycles. The van der Waals surface area contributed by atoms with E-state index >= 15 is 0 Å². The zero-order valence-corrected chi connectivity index (χ0v) is 8.45. The van der Waals surface area contributed by atoms with Gasteiger partial charge in [-0.15, -0.1) is 0 Å². The number of benzene rings is 1. The minimum absolute atomic E-state index is 0.0581. The molecule has 0 saturated heterocycles. The van der Waals surface area contributed by atoms with Crippen molar-refractivity contribution in [1.82, 2.24) is 0 Å². The summed E-state index contributed by atoms with van der Waals surface area (Å²) in [5, 5.41) is 8.92. The van der Waals surface area contributed by atoms with Crippen LogP contribution in [0.25, 0.3) is 0 Å². The molecule has 0 fully saturated rings. The van der Waals surface area contributed by atoms with Gasteiger partial charge in [0.15, 0.2) is 0 Å². The van der Waals surface area contributed by atoms with Crippen molar-refractivity contribution in [2.24, 2.45) is 0 Å². The van der Waals surface area contributed by atoms with Gasteiger partial charge in [-0.1, -0.05) is 18.2 Å². The van der Waals surface area contributed by atoms with E-state index in [4.69, 9.17) is 10.00 Å². The molecule has 0 saturated carbocycles. The maximum absolute atomic E-state index is 13.4. The number of nitriles is 1. The number of carbonyl (C=O) groups is 1. The topological polar surface area (TPSA) is 50.1 Å². The zero-order valence-electron chi connectivity index (χ0n) is 8.45. The Morgan fingerprint density at radius 3 is 2.60 bits per heavy atom. The third-order valence-electron chi connectivity index (χ3n) is 1.95. The van der Waals surface area contributed by atoms with E-state index in [9.17, 15) is 9.18 Å². The summed E-state index contributed by atoms with van der Waals surface area (Å²) < 4.78 is 18.2. The molecule has 0 amide bonds. The molecular weight excluding hydrogens is 197 g/mol. The number of esters is 1. The molecule has 0 aliphatic heterocycles. The SMILES string of the molecule is CC(=O)OC(C)(C#N)c1ccccc1F. The van der Waals surface area contributed by atoms with Crippen molar-refractivity contribution < 1.29 is 13.9 Å². The van der Waals surface area contributed by atoms with Crippen LogP contribution in [0.1, 0.15) is 19.4 Å². The van der Waals surface area contributed by atoms with Crippen LogP contribution in [-0.4, -0.2) is 5.97 Å². The highest BCUT2D eigenvalue weighted by atomic mass is 19.1. The second kappa shape index (κ2) is 4.09. The number of carbonyl (C=O) groups excluding carboxylic acids is 1. The fraction of sp³-hybridized carbons (Fsp3) is 0.273. The average Bonchev–Trinajstić information content (AvgIpc) is 2.17. The molecule has 1 aromatic carbocycles. The standard InChI is InChI=1S/C11H10FNO2/c1-8(14)15-11(2,7-13)9-5-3-4-6-10(9)12/h3-6H,1-2H3. The first kappa shape index (κ1) is 11.2. The Labute approximate surface area is 87.1 Å². The van der Waals surface area contributed by atoms with Crippen molar-refractivity contribution in [1.29, 1.82) is 5.26 Å². The molecule has 1 rings (SSSR count). The lowest BCUT2D eigenvalue weighted by atomic mass is 9.97. The summed E-state index contributed by atoms with van der Waals surface area (Å²) in [6.07, 6.45) is 0. The second-order valence-corrected chi connectivity index (χ2v) is 3.22. The first-order chi connectivity index (χ1) is 6.99. The number of hydrogen-bond acceptors (Lipinski definition) is 3. The lowest BCUT2D eigenvalue weighted by molar-refractivity contribution is -0.151. The van der Waals surface area contributed by atoms with Crippen molar-refractivity contribution in [3.8, 4) is 6.07 Å². The van der Waals surface area contributed by atoms with E-state index in [0.717, 1.165) is 0 Å². The summed E-state index contributed by atoms with van der Waals surface area (Å²) in [5.41, 5.74) is -1.51. The Kier molecular flexibility index (Phi) is 3.05. The van der Waals surface area contributed by atoms with Gasteiger partial charge >= 0.3 is 5.97 Å². The van der Waals surface area contributed by atoms with Gasteiger partial charge in [0, 0.05) is 12.5 Å². The molecule has 1 unspecified atom stereocenters. The fourth-order valence-electron chi connectivity index (χ4n) is 1.27. The monoisotopic (exact) mass is 207 g/mol. The summed E-state index contributed by atoms with van der Waals surface area (Å²) in [7, 11) is 0. The molecule has 15 heavy (non-hydrogen) atoms. The van der Waals surface area contributed by atoms with Crippen molar-refractivity contribution in [3.05, 3.63) is 35.6 Å². The Bertz CT molecular complexity index is 425. The minimum atomic E-state index is -1.57.